The molecule has 1 heterocycles. The van der Waals surface area contributed by atoms with Gasteiger partial charge in [-0.25, -0.2) is 4.79 Å². The van der Waals surface area contributed by atoms with E-state index in [-0.39, 0.29) is 12.0 Å². The first kappa shape index (κ1) is 15.8. The number of piperidine rings is 1. The van der Waals surface area contributed by atoms with E-state index in [1.165, 1.54) is 5.56 Å². The summed E-state index contributed by atoms with van der Waals surface area (Å²) < 4.78 is 5.36. The Kier molecular flexibility index (Phi) is 4.57. The van der Waals surface area contributed by atoms with Crippen LogP contribution in [0.15, 0.2) is 24.3 Å². The fourth-order valence-electron chi connectivity index (χ4n) is 2.71. The van der Waals surface area contributed by atoms with Gasteiger partial charge >= 0.3 is 6.09 Å². The SMILES string of the molecule is Cc1cccc(C2CCN(C(=O)OC(C)(C)C)C[C@H]2O)c1. The number of aliphatic hydroxyl groups is 1. The Labute approximate surface area is 126 Å². The summed E-state index contributed by atoms with van der Waals surface area (Å²) in [5.74, 6) is 0.0867. The molecule has 1 saturated heterocycles. The van der Waals surface area contributed by atoms with Crippen LogP contribution in [0, 0.1) is 6.92 Å². The highest BCUT2D eigenvalue weighted by atomic mass is 16.6. The van der Waals surface area contributed by atoms with Crippen molar-refractivity contribution in [2.45, 2.75) is 51.7 Å². The van der Waals surface area contributed by atoms with Gasteiger partial charge in [0.2, 0.25) is 0 Å². The van der Waals surface area contributed by atoms with E-state index < -0.39 is 11.7 Å². The van der Waals surface area contributed by atoms with E-state index in [1.54, 1.807) is 4.90 Å². The van der Waals surface area contributed by atoms with Gasteiger partial charge in [-0.3, -0.25) is 0 Å². The molecule has 1 unspecified atom stereocenters. The number of benzene rings is 1. The molecule has 1 amide bonds. The van der Waals surface area contributed by atoms with Crippen LogP contribution in [0.1, 0.15) is 44.2 Å². The summed E-state index contributed by atoms with van der Waals surface area (Å²) in [5.41, 5.74) is 1.83. The third-order valence-electron chi connectivity index (χ3n) is 3.70. The third kappa shape index (κ3) is 4.21. The highest BCUT2D eigenvalue weighted by Gasteiger charge is 2.33. The molecule has 2 atom stereocenters. The number of nitrogens with zero attached hydrogens (tertiary/aromatic N) is 1. The zero-order valence-electron chi connectivity index (χ0n) is 13.3. The highest BCUT2D eigenvalue weighted by molar-refractivity contribution is 5.68. The molecule has 2 rings (SSSR count). The molecule has 0 radical (unpaired) electrons. The number of rotatable bonds is 1. The van der Waals surface area contributed by atoms with Gasteiger partial charge in [-0.2, -0.15) is 0 Å². The highest BCUT2D eigenvalue weighted by Crippen LogP contribution is 2.29. The van der Waals surface area contributed by atoms with E-state index in [2.05, 4.69) is 6.07 Å². The van der Waals surface area contributed by atoms with E-state index in [1.807, 2.05) is 45.9 Å². The third-order valence-corrected chi connectivity index (χ3v) is 3.70. The molecule has 1 fully saturated rings. The number of amides is 1. The van der Waals surface area contributed by atoms with Crippen molar-refractivity contribution in [1.29, 1.82) is 0 Å². The van der Waals surface area contributed by atoms with Crippen molar-refractivity contribution in [1.82, 2.24) is 4.90 Å². The molecule has 0 bridgehead atoms. The molecule has 116 valence electrons. The van der Waals surface area contributed by atoms with Crippen LogP contribution >= 0.6 is 0 Å². The molecule has 1 aliphatic heterocycles. The van der Waals surface area contributed by atoms with E-state index >= 15 is 0 Å². The molecule has 0 aliphatic carbocycles. The minimum atomic E-state index is -0.548. The van der Waals surface area contributed by atoms with Crippen LogP contribution in [0.4, 0.5) is 4.79 Å². The number of hydrogen-bond acceptors (Lipinski definition) is 3. The van der Waals surface area contributed by atoms with Crippen molar-refractivity contribution in [2.24, 2.45) is 0 Å². The van der Waals surface area contributed by atoms with Crippen LogP contribution in [0.25, 0.3) is 0 Å². The maximum Gasteiger partial charge on any atom is 0.410 e. The smallest absolute Gasteiger partial charge is 0.410 e. The van der Waals surface area contributed by atoms with Crippen LogP contribution in [0.5, 0.6) is 0 Å². The number of carbonyl (C=O) groups excluding carboxylic acids is 1. The van der Waals surface area contributed by atoms with E-state index in [0.29, 0.717) is 13.1 Å². The molecular weight excluding hydrogens is 266 g/mol. The monoisotopic (exact) mass is 291 g/mol. The molecule has 0 spiro atoms. The van der Waals surface area contributed by atoms with Gasteiger partial charge in [0.15, 0.2) is 0 Å². The molecule has 4 heteroatoms. The van der Waals surface area contributed by atoms with Gasteiger partial charge in [0.05, 0.1) is 12.6 Å². The van der Waals surface area contributed by atoms with Gasteiger partial charge < -0.3 is 14.7 Å². The summed E-state index contributed by atoms with van der Waals surface area (Å²) in [6, 6.07) is 8.21. The second kappa shape index (κ2) is 6.06. The second-order valence-electron chi connectivity index (χ2n) is 6.80. The first-order chi connectivity index (χ1) is 9.76. The van der Waals surface area contributed by atoms with E-state index in [9.17, 15) is 9.90 Å². The maximum absolute atomic E-state index is 12.0. The van der Waals surface area contributed by atoms with Crippen molar-refractivity contribution < 1.29 is 14.6 Å². The Bertz CT molecular complexity index is 507. The first-order valence-electron chi connectivity index (χ1n) is 7.49. The zero-order chi connectivity index (χ0) is 15.6. The summed E-state index contributed by atoms with van der Waals surface area (Å²) in [7, 11) is 0. The molecule has 0 saturated carbocycles. The number of ether oxygens (including phenoxy) is 1. The lowest BCUT2D eigenvalue weighted by Crippen LogP contribution is -2.47. The first-order valence-corrected chi connectivity index (χ1v) is 7.49. The number of hydrogen-bond donors (Lipinski definition) is 1. The lowest BCUT2D eigenvalue weighted by atomic mass is 9.86. The minimum absolute atomic E-state index is 0.0867. The van der Waals surface area contributed by atoms with Crippen LogP contribution < -0.4 is 0 Å². The fraction of sp³-hybridized carbons (Fsp3) is 0.588. The van der Waals surface area contributed by atoms with Gasteiger partial charge in [-0.15, -0.1) is 0 Å². The zero-order valence-corrected chi connectivity index (χ0v) is 13.3. The number of carbonyl (C=O) groups is 1. The lowest BCUT2D eigenvalue weighted by Gasteiger charge is -2.37. The largest absolute Gasteiger partial charge is 0.444 e. The standard InChI is InChI=1S/C17H25NO3/c1-12-6-5-7-13(10-12)14-8-9-18(11-15(14)19)16(20)21-17(2,3)4/h5-7,10,14-15,19H,8-9,11H2,1-4H3/t14?,15-/m1/s1. The summed E-state index contributed by atoms with van der Waals surface area (Å²) in [5, 5.41) is 10.4. The molecular formula is C17H25NO3. The summed E-state index contributed by atoms with van der Waals surface area (Å²) in [6.45, 7) is 8.53. The Hall–Kier alpha value is -1.55. The summed E-state index contributed by atoms with van der Waals surface area (Å²) in [6.07, 6.45) is -0.138. The van der Waals surface area contributed by atoms with Crippen LogP contribution in [0.2, 0.25) is 0 Å². The van der Waals surface area contributed by atoms with Crippen LogP contribution in [0.3, 0.4) is 0 Å². The maximum atomic E-state index is 12.0. The Morgan fingerprint density at radius 2 is 2.10 bits per heavy atom. The van der Waals surface area contributed by atoms with Crippen LogP contribution in [-0.2, 0) is 4.74 Å². The number of aryl methyl sites for hydroxylation is 1. The van der Waals surface area contributed by atoms with Gasteiger partial charge in [0.1, 0.15) is 5.60 Å². The van der Waals surface area contributed by atoms with E-state index in [4.69, 9.17) is 4.74 Å². The lowest BCUT2D eigenvalue weighted by molar-refractivity contribution is -0.00152. The predicted octanol–water partition coefficient (Wildman–Crippen LogP) is 3.08. The Balaban J connectivity index is 2.01. The van der Waals surface area contributed by atoms with Gasteiger partial charge in [-0.05, 0) is 39.7 Å². The molecule has 0 aromatic heterocycles. The van der Waals surface area contributed by atoms with Crippen molar-refractivity contribution in [3.05, 3.63) is 35.4 Å². The number of aliphatic hydroxyl groups excluding tert-OH is 1. The quantitative estimate of drug-likeness (QED) is 0.865. The average molecular weight is 291 g/mol. The average Bonchev–Trinajstić information content (AvgIpc) is 2.36. The number of β-amino-alcohol motifs (C(OH)–C–C–N with tert-alkyl or cyclic N) is 1. The van der Waals surface area contributed by atoms with Crippen molar-refractivity contribution >= 4 is 6.09 Å². The fourth-order valence-corrected chi connectivity index (χ4v) is 2.71. The molecule has 1 aromatic rings. The molecule has 21 heavy (non-hydrogen) atoms. The normalized spacial score (nSPS) is 23.0. The van der Waals surface area contributed by atoms with E-state index in [0.717, 1.165) is 12.0 Å². The van der Waals surface area contributed by atoms with Gasteiger partial charge in [0, 0.05) is 12.5 Å². The summed E-state index contributed by atoms with van der Waals surface area (Å²) >= 11 is 0. The molecule has 4 nitrogen and oxygen atoms in total. The van der Waals surface area contributed by atoms with Gasteiger partial charge in [0.25, 0.3) is 0 Å². The van der Waals surface area contributed by atoms with Crippen molar-refractivity contribution in [3.8, 4) is 0 Å². The van der Waals surface area contributed by atoms with Crippen LogP contribution in [-0.4, -0.2) is 40.9 Å². The van der Waals surface area contributed by atoms with Crippen molar-refractivity contribution in [2.75, 3.05) is 13.1 Å². The topological polar surface area (TPSA) is 49.8 Å². The minimum Gasteiger partial charge on any atom is -0.444 e. The molecule has 1 aromatic carbocycles. The second-order valence-corrected chi connectivity index (χ2v) is 6.80. The number of likely N-dealkylation sites (tertiary alicyclic amines) is 1. The Morgan fingerprint density at radius 3 is 2.67 bits per heavy atom. The Morgan fingerprint density at radius 1 is 1.38 bits per heavy atom. The molecule has 1 aliphatic rings. The summed E-state index contributed by atoms with van der Waals surface area (Å²) in [4.78, 5) is 13.6. The van der Waals surface area contributed by atoms with Gasteiger partial charge in [-0.1, -0.05) is 29.8 Å². The molecule has 1 N–H and O–H groups in total. The van der Waals surface area contributed by atoms with Crippen molar-refractivity contribution in [3.63, 3.8) is 0 Å². The predicted molar refractivity (Wildman–Crippen MR) is 82.4 cm³/mol.